The summed E-state index contributed by atoms with van der Waals surface area (Å²) in [6.45, 7) is 5.53. The summed E-state index contributed by atoms with van der Waals surface area (Å²) in [7, 11) is 0. The predicted octanol–water partition coefficient (Wildman–Crippen LogP) is 2.61. The minimum atomic E-state index is 0.116. The smallest absolute Gasteiger partial charge is 0.138 e. The number of carbonyl (C=O) groups is 2. The molecule has 1 aliphatic rings. The van der Waals surface area contributed by atoms with Crippen molar-refractivity contribution in [3.8, 4) is 0 Å². The Hall–Kier alpha value is -0.660. The number of rotatable bonds is 3. The molecule has 1 rings (SSSR count). The molecule has 0 saturated heterocycles. The molecule has 0 spiro atoms. The minimum absolute atomic E-state index is 0.116. The summed E-state index contributed by atoms with van der Waals surface area (Å²) in [5, 5.41) is 0. The maximum atomic E-state index is 11.8. The zero-order valence-electron chi connectivity index (χ0n) is 9.38. The molecule has 80 valence electrons. The van der Waals surface area contributed by atoms with Crippen molar-refractivity contribution in [3.05, 3.63) is 0 Å². The molecule has 1 fully saturated rings. The molecule has 0 N–H and O–H groups in total. The highest BCUT2D eigenvalue weighted by molar-refractivity contribution is 5.84. The highest BCUT2D eigenvalue weighted by atomic mass is 16.1. The van der Waals surface area contributed by atoms with Crippen LogP contribution in [0, 0.1) is 17.8 Å². The van der Waals surface area contributed by atoms with Crippen molar-refractivity contribution in [2.75, 3.05) is 0 Å². The second-order valence-corrected chi connectivity index (χ2v) is 4.73. The van der Waals surface area contributed by atoms with Crippen LogP contribution in [0.1, 0.15) is 46.5 Å². The van der Waals surface area contributed by atoms with E-state index in [9.17, 15) is 9.59 Å². The fourth-order valence-electron chi connectivity index (χ4n) is 2.29. The van der Waals surface area contributed by atoms with Crippen LogP contribution in [0.5, 0.6) is 0 Å². The first-order valence-electron chi connectivity index (χ1n) is 5.56. The molecule has 1 aliphatic carbocycles. The third kappa shape index (κ3) is 2.66. The summed E-state index contributed by atoms with van der Waals surface area (Å²) in [5.41, 5.74) is 0. The fraction of sp³-hybridized carbons (Fsp3) is 0.833. The van der Waals surface area contributed by atoms with Crippen LogP contribution in [0.4, 0.5) is 0 Å². The van der Waals surface area contributed by atoms with Crippen molar-refractivity contribution >= 4 is 11.6 Å². The van der Waals surface area contributed by atoms with E-state index >= 15 is 0 Å². The number of hydrogen-bond donors (Lipinski definition) is 0. The van der Waals surface area contributed by atoms with E-state index in [-0.39, 0.29) is 23.5 Å². The molecule has 2 heteroatoms. The first-order chi connectivity index (χ1) is 6.52. The molecule has 14 heavy (non-hydrogen) atoms. The summed E-state index contributed by atoms with van der Waals surface area (Å²) < 4.78 is 0. The third-order valence-corrected chi connectivity index (χ3v) is 3.22. The van der Waals surface area contributed by atoms with Gasteiger partial charge in [-0.1, -0.05) is 20.3 Å². The van der Waals surface area contributed by atoms with Crippen LogP contribution in [0.15, 0.2) is 0 Å². The number of carbonyl (C=O) groups excluding carboxylic acids is 2. The van der Waals surface area contributed by atoms with E-state index in [0.29, 0.717) is 5.78 Å². The van der Waals surface area contributed by atoms with E-state index in [0.717, 1.165) is 25.7 Å². The maximum absolute atomic E-state index is 11.8. The van der Waals surface area contributed by atoms with Gasteiger partial charge in [-0.05, 0) is 26.2 Å². The zero-order valence-corrected chi connectivity index (χ0v) is 9.38. The number of Topliss-reactive ketones (excluding diaryl/α,β-unsaturated/α-hetero) is 2. The van der Waals surface area contributed by atoms with Crippen molar-refractivity contribution in [1.82, 2.24) is 0 Å². The van der Waals surface area contributed by atoms with Crippen LogP contribution in [0.2, 0.25) is 0 Å². The van der Waals surface area contributed by atoms with Gasteiger partial charge in [0.15, 0.2) is 0 Å². The van der Waals surface area contributed by atoms with Crippen molar-refractivity contribution in [2.24, 2.45) is 17.8 Å². The van der Waals surface area contributed by atoms with Gasteiger partial charge < -0.3 is 0 Å². The lowest BCUT2D eigenvalue weighted by molar-refractivity contribution is -0.129. The van der Waals surface area contributed by atoms with Crippen molar-refractivity contribution in [3.63, 3.8) is 0 Å². The van der Waals surface area contributed by atoms with Gasteiger partial charge in [0.2, 0.25) is 0 Å². The van der Waals surface area contributed by atoms with Crippen LogP contribution in [0.3, 0.4) is 0 Å². The Kier molecular flexibility index (Phi) is 3.85. The lowest BCUT2D eigenvalue weighted by Crippen LogP contribution is -2.28. The van der Waals surface area contributed by atoms with Gasteiger partial charge in [0.1, 0.15) is 11.6 Å². The molecular weight excluding hydrogens is 176 g/mol. The number of hydrogen-bond acceptors (Lipinski definition) is 2. The Balaban J connectivity index is 2.56. The van der Waals surface area contributed by atoms with Crippen molar-refractivity contribution < 1.29 is 9.59 Å². The van der Waals surface area contributed by atoms with E-state index in [1.54, 1.807) is 6.92 Å². The highest BCUT2D eigenvalue weighted by Crippen LogP contribution is 2.31. The second kappa shape index (κ2) is 4.72. The van der Waals surface area contributed by atoms with Gasteiger partial charge in [0, 0.05) is 17.8 Å². The molecule has 2 nitrogen and oxygen atoms in total. The Morgan fingerprint density at radius 1 is 1.14 bits per heavy atom. The molecule has 0 amide bonds. The first kappa shape index (κ1) is 11.4. The summed E-state index contributed by atoms with van der Waals surface area (Å²) >= 11 is 0. The molecule has 2 atom stereocenters. The standard InChI is InChI=1S/C12H20O2/c1-8(2)12(14)11-6-4-5-10(7-11)9(3)13/h8,10-11H,4-7H2,1-3H3/t10-,11?/m0/s1. The molecule has 1 unspecified atom stereocenters. The Labute approximate surface area is 86.1 Å². The molecule has 0 aromatic carbocycles. The average molecular weight is 196 g/mol. The highest BCUT2D eigenvalue weighted by Gasteiger charge is 2.30. The van der Waals surface area contributed by atoms with Crippen LogP contribution < -0.4 is 0 Å². The molecule has 0 aromatic rings. The van der Waals surface area contributed by atoms with Gasteiger partial charge in [0.05, 0.1) is 0 Å². The largest absolute Gasteiger partial charge is 0.300 e. The normalized spacial score (nSPS) is 27.7. The lowest BCUT2D eigenvalue weighted by Gasteiger charge is -2.27. The topological polar surface area (TPSA) is 34.1 Å². The van der Waals surface area contributed by atoms with Gasteiger partial charge in [-0.2, -0.15) is 0 Å². The molecule has 0 aliphatic heterocycles. The Morgan fingerprint density at radius 2 is 1.71 bits per heavy atom. The lowest BCUT2D eigenvalue weighted by atomic mass is 9.76. The monoisotopic (exact) mass is 196 g/mol. The molecule has 0 bridgehead atoms. The molecular formula is C12H20O2. The third-order valence-electron chi connectivity index (χ3n) is 3.22. The quantitative estimate of drug-likeness (QED) is 0.695. The summed E-state index contributed by atoms with van der Waals surface area (Å²) in [4.78, 5) is 23.0. The average Bonchev–Trinajstić information content (AvgIpc) is 2.16. The van der Waals surface area contributed by atoms with Gasteiger partial charge >= 0.3 is 0 Å². The Morgan fingerprint density at radius 3 is 2.21 bits per heavy atom. The van der Waals surface area contributed by atoms with Crippen molar-refractivity contribution in [2.45, 2.75) is 46.5 Å². The Bertz CT molecular complexity index is 230. The van der Waals surface area contributed by atoms with Crippen LogP contribution in [-0.4, -0.2) is 11.6 Å². The first-order valence-corrected chi connectivity index (χ1v) is 5.56. The minimum Gasteiger partial charge on any atom is -0.300 e. The zero-order chi connectivity index (χ0) is 10.7. The molecule has 1 saturated carbocycles. The van der Waals surface area contributed by atoms with E-state index in [1.807, 2.05) is 13.8 Å². The van der Waals surface area contributed by atoms with Crippen molar-refractivity contribution in [1.29, 1.82) is 0 Å². The molecule has 0 heterocycles. The SMILES string of the molecule is CC(=O)[C@H]1CCCC(C(=O)C(C)C)C1. The van der Waals surface area contributed by atoms with E-state index < -0.39 is 0 Å². The van der Waals surface area contributed by atoms with E-state index in [2.05, 4.69) is 0 Å². The maximum Gasteiger partial charge on any atom is 0.138 e. The van der Waals surface area contributed by atoms with Crippen LogP contribution >= 0.6 is 0 Å². The summed E-state index contributed by atoms with van der Waals surface area (Å²) in [6, 6.07) is 0. The number of ketones is 2. The van der Waals surface area contributed by atoms with Crippen LogP contribution in [0.25, 0.3) is 0 Å². The van der Waals surface area contributed by atoms with Gasteiger partial charge in [-0.25, -0.2) is 0 Å². The van der Waals surface area contributed by atoms with Gasteiger partial charge in [0.25, 0.3) is 0 Å². The predicted molar refractivity (Wildman–Crippen MR) is 56.0 cm³/mol. The molecule has 0 aromatic heterocycles. The summed E-state index contributed by atoms with van der Waals surface area (Å²) in [6.07, 6.45) is 3.80. The summed E-state index contributed by atoms with van der Waals surface area (Å²) in [5.74, 6) is 1.02. The van der Waals surface area contributed by atoms with Gasteiger partial charge in [-0.15, -0.1) is 0 Å². The van der Waals surface area contributed by atoms with E-state index in [4.69, 9.17) is 0 Å². The van der Waals surface area contributed by atoms with Gasteiger partial charge in [-0.3, -0.25) is 9.59 Å². The van der Waals surface area contributed by atoms with Crippen LogP contribution in [-0.2, 0) is 9.59 Å². The second-order valence-electron chi connectivity index (χ2n) is 4.73. The fourth-order valence-corrected chi connectivity index (χ4v) is 2.29. The molecule has 0 radical (unpaired) electrons. The van der Waals surface area contributed by atoms with E-state index in [1.165, 1.54) is 0 Å².